The molecule has 100 valence electrons. The van der Waals surface area contributed by atoms with E-state index in [1.165, 1.54) is 18.2 Å². The Morgan fingerprint density at radius 2 is 1.89 bits per heavy atom. The molecule has 1 heterocycles. The molecule has 0 atom stereocenters. The minimum absolute atomic E-state index is 0.0918. The van der Waals surface area contributed by atoms with Gasteiger partial charge in [0.05, 0.1) is 10.2 Å². The van der Waals surface area contributed by atoms with Crippen LogP contribution in [-0.2, 0) is 10.0 Å². The Morgan fingerprint density at radius 3 is 2.53 bits per heavy atom. The van der Waals surface area contributed by atoms with Crippen molar-refractivity contribution < 1.29 is 17.2 Å². The molecule has 4 nitrogen and oxygen atoms in total. The topological polar surface area (TPSA) is 59.1 Å². The van der Waals surface area contributed by atoms with Gasteiger partial charge in [-0.2, -0.15) is 8.42 Å². The molecular weight excluding hydrogens is 342 g/mol. The number of rotatable bonds is 3. The van der Waals surface area contributed by atoms with E-state index in [1.807, 2.05) is 0 Å². The average Bonchev–Trinajstić information content (AvgIpc) is 2.34. The number of nitrogens with one attached hydrogen (secondary N) is 1. The largest absolute Gasteiger partial charge is 0.282 e. The van der Waals surface area contributed by atoms with Gasteiger partial charge in [0.1, 0.15) is 5.82 Å². The molecule has 19 heavy (non-hydrogen) atoms. The smallest absolute Gasteiger partial charge is 0.278 e. The van der Waals surface area contributed by atoms with Gasteiger partial charge in [0.2, 0.25) is 5.03 Å². The maximum atomic E-state index is 13.4. The third-order valence-corrected chi connectivity index (χ3v) is 4.07. The molecule has 0 spiro atoms. The van der Waals surface area contributed by atoms with Gasteiger partial charge < -0.3 is 0 Å². The van der Waals surface area contributed by atoms with Crippen LogP contribution in [0.5, 0.6) is 0 Å². The van der Waals surface area contributed by atoms with Gasteiger partial charge >= 0.3 is 0 Å². The van der Waals surface area contributed by atoms with Gasteiger partial charge in [0, 0.05) is 6.20 Å². The Balaban J connectivity index is 2.37. The summed E-state index contributed by atoms with van der Waals surface area (Å²) in [5.41, 5.74) is 0.0957. The number of halogens is 3. The number of nitrogens with zero attached hydrogens (tertiary/aromatic N) is 1. The molecule has 1 aromatic heterocycles. The van der Waals surface area contributed by atoms with E-state index in [9.17, 15) is 17.2 Å². The maximum absolute atomic E-state index is 13.4. The first-order valence-electron chi connectivity index (χ1n) is 4.98. The lowest BCUT2D eigenvalue weighted by Gasteiger charge is -2.08. The normalized spacial score (nSPS) is 11.3. The molecule has 0 saturated carbocycles. The highest BCUT2D eigenvalue weighted by Crippen LogP contribution is 2.22. The quantitative estimate of drug-likeness (QED) is 0.927. The highest BCUT2D eigenvalue weighted by Gasteiger charge is 2.20. The number of pyridine rings is 1. The second kappa shape index (κ2) is 5.22. The molecule has 0 aliphatic carbocycles. The van der Waals surface area contributed by atoms with E-state index in [4.69, 9.17) is 0 Å². The third kappa shape index (κ3) is 3.07. The second-order valence-electron chi connectivity index (χ2n) is 3.52. The lowest BCUT2D eigenvalue weighted by Crippen LogP contribution is -2.16. The van der Waals surface area contributed by atoms with Gasteiger partial charge in [0.15, 0.2) is 5.82 Å². The molecule has 0 radical (unpaired) electrons. The fraction of sp³-hybridized carbons (Fsp3) is 0. The van der Waals surface area contributed by atoms with Crippen molar-refractivity contribution in [3.05, 3.63) is 52.6 Å². The van der Waals surface area contributed by atoms with E-state index in [-0.39, 0.29) is 10.2 Å². The van der Waals surface area contributed by atoms with Gasteiger partial charge in [-0.3, -0.25) is 4.72 Å². The minimum Gasteiger partial charge on any atom is -0.278 e. The van der Waals surface area contributed by atoms with Crippen molar-refractivity contribution in [3.8, 4) is 0 Å². The molecule has 0 fully saturated rings. The molecule has 8 heteroatoms. The summed E-state index contributed by atoms with van der Waals surface area (Å²) >= 11 is 2.92. The molecule has 1 aromatic carbocycles. The number of hydrogen-bond donors (Lipinski definition) is 1. The van der Waals surface area contributed by atoms with Crippen LogP contribution < -0.4 is 4.72 Å². The van der Waals surface area contributed by atoms with Crippen LogP contribution in [0.1, 0.15) is 0 Å². The summed E-state index contributed by atoms with van der Waals surface area (Å²) in [7, 11) is -4.15. The molecule has 0 aliphatic heterocycles. The van der Waals surface area contributed by atoms with Crippen molar-refractivity contribution in [2.24, 2.45) is 0 Å². The van der Waals surface area contributed by atoms with E-state index in [2.05, 4.69) is 25.6 Å². The zero-order chi connectivity index (χ0) is 14.0. The monoisotopic (exact) mass is 348 g/mol. The van der Waals surface area contributed by atoms with Crippen molar-refractivity contribution in [1.29, 1.82) is 0 Å². The molecule has 1 N–H and O–H groups in total. The maximum Gasteiger partial charge on any atom is 0.282 e. The first kappa shape index (κ1) is 13.9. The summed E-state index contributed by atoms with van der Waals surface area (Å²) in [5.74, 6) is -1.50. The van der Waals surface area contributed by atoms with Crippen molar-refractivity contribution in [2.75, 3.05) is 4.72 Å². The second-order valence-corrected chi connectivity index (χ2v) is 5.98. The van der Waals surface area contributed by atoms with E-state index in [0.717, 1.165) is 18.3 Å². The Morgan fingerprint density at radius 1 is 1.16 bits per heavy atom. The van der Waals surface area contributed by atoms with Crippen LogP contribution in [0, 0.1) is 11.6 Å². The molecule has 0 saturated heterocycles. The number of sulfonamides is 1. The predicted molar refractivity (Wildman–Crippen MR) is 69.1 cm³/mol. The fourth-order valence-electron chi connectivity index (χ4n) is 1.33. The van der Waals surface area contributed by atoms with Crippen molar-refractivity contribution in [2.45, 2.75) is 5.03 Å². The number of benzene rings is 1. The van der Waals surface area contributed by atoms with Gasteiger partial charge in [-0.25, -0.2) is 13.8 Å². The molecule has 2 rings (SSSR count). The molecule has 0 aliphatic rings. The Labute approximate surface area is 116 Å². The number of anilines is 1. The van der Waals surface area contributed by atoms with Crippen LogP contribution in [0.15, 0.2) is 46.0 Å². The highest BCUT2D eigenvalue weighted by atomic mass is 79.9. The number of hydrogen-bond acceptors (Lipinski definition) is 3. The number of aromatic nitrogens is 1. The van der Waals surface area contributed by atoms with Crippen molar-refractivity contribution >= 4 is 31.6 Å². The lowest BCUT2D eigenvalue weighted by atomic mass is 10.3. The lowest BCUT2D eigenvalue weighted by molar-refractivity contribution is 0.556. The first-order chi connectivity index (χ1) is 8.90. The summed E-state index contributed by atoms with van der Waals surface area (Å²) in [6, 6.07) is 5.80. The Kier molecular flexibility index (Phi) is 3.81. The Bertz CT molecular complexity index is 722. The van der Waals surface area contributed by atoms with Crippen molar-refractivity contribution in [3.63, 3.8) is 0 Å². The van der Waals surface area contributed by atoms with Crippen LogP contribution >= 0.6 is 15.9 Å². The molecule has 0 amide bonds. The average molecular weight is 349 g/mol. The zero-order valence-electron chi connectivity index (χ0n) is 9.27. The molecule has 0 bridgehead atoms. The summed E-state index contributed by atoms with van der Waals surface area (Å²) in [6.45, 7) is 0. The highest BCUT2D eigenvalue weighted by molar-refractivity contribution is 9.10. The van der Waals surface area contributed by atoms with Crippen LogP contribution in [0.2, 0.25) is 0 Å². The van der Waals surface area contributed by atoms with Crippen molar-refractivity contribution in [1.82, 2.24) is 4.98 Å². The van der Waals surface area contributed by atoms with Crippen LogP contribution in [0.3, 0.4) is 0 Å². The fourth-order valence-corrected chi connectivity index (χ4v) is 2.77. The molecule has 0 unspecified atom stereocenters. The van der Waals surface area contributed by atoms with E-state index < -0.39 is 26.7 Å². The molecular formula is C11H7BrF2N2O2S. The predicted octanol–water partition coefficient (Wildman–Crippen LogP) is 2.92. The molecule has 2 aromatic rings. The summed E-state index contributed by atoms with van der Waals surface area (Å²) in [6.07, 6.45) is 1.16. The van der Waals surface area contributed by atoms with Gasteiger partial charge in [-0.15, -0.1) is 0 Å². The summed E-state index contributed by atoms with van der Waals surface area (Å²) in [4.78, 5) is 3.47. The standard InChI is InChI=1S/C11H7BrF2N2O2S/c12-8-6-7(3-4-9(8)13)16-19(17,18)11-10(14)2-1-5-15-11/h1-6,16H. The van der Waals surface area contributed by atoms with E-state index in [0.29, 0.717) is 0 Å². The van der Waals surface area contributed by atoms with Crippen LogP contribution in [-0.4, -0.2) is 13.4 Å². The summed E-state index contributed by atoms with van der Waals surface area (Å²) in [5, 5.41) is -0.713. The van der Waals surface area contributed by atoms with Gasteiger partial charge in [-0.1, -0.05) is 0 Å². The Hall–Kier alpha value is -1.54. The van der Waals surface area contributed by atoms with Gasteiger partial charge in [0.25, 0.3) is 10.0 Å². The SMILES string of the molecule is O=S(=O)(Nc1ccc(F)c(Br)c1)c1ncccc1F. The zero-order valence-corrected chi connectivity index (χ0v) is 11.7. The van der Waals surface area contributed by atoms with Gasteiger partial charge in [-0.05, 0) is 46.3 Å². The van der Waals surface area contributed by atoms with Crippen LogP contribution in [0.4, 0.5) is 14.5 Å². The first-order valence-corrected chi connectivity index (χ1v) is 7.26. The summed E-state index contributed by atoms with van der Waals surface area (Å²) < 4.78 is 52.4. The van der Waals surface area contributed by atoms with Crippen LogP contribution in [0.25, 0.3) is 0 Å². The minimum atomic E-state index is -4.15. The van der Waals surface area contributed by atoms with E-state index in [1.54, 1.807) is 0 Å². The third-order valence-electron chi connectivity index (χ3n) is 2.15. The van der Waals surface area contributed by atoms with E-state index >= 15 is 0 Å².